The Morgan fingerprint density at radius 1 is 1.31 bits per heavy atom. The van der Waals surface area contributed by atoms with E-state index in [4.69, 9.17) is 6.42 Å². The maximum atomic E-state index is 11.4. The predicted octanol–water partition coefficient (Wildman–Crippen LogP) is 2.98. The predicted molar refractivity (Wildman–Crippen MR) is 68.9 cm³/mol. The van der Waals surface area contributed by atoms with E-state index in [1.807, 2.05) is 0 Å². The second-order valence-corrected chi connectivity index (χ2v) is 4.94. The van der Waals surface area contributed by atoms with Gasteiger partial charge in [0.15, 0.2) is 0 Å². The summed E-state index contributed by atoms with van der Waals surface area (Å²) in [5.41, 5.74) is 0. The quantitative estimate of drug-likeness (QED) is 0.497. The molecule has 2 heteroatoms. The Balaban J connectivity index is 3.51. The van der Waals surface area contributed by atoms with Crippen LogP contribution in [0.3, 0.4) is 0 Å². The molecule has 0 aromatic heterocycles. The SMILES string of the molecule is C#CCCNC(=O)C[C@H](C)CCCC(C)C. The fourth-order valence-electron chi connectivity index (χ4n) is 1.64. The molecule has 16 heavy (non-hydrogen) atoms. The van der Waals surface area contributed by atoms with E-state index >= 15 is 0 Å². The highest BCUT2D eigenvalue weighted by Crippen LogP contribution is 2.14. The molecule has 0 aromatic carbocycles. The molecule has 0 fully saturated rings. The van der Waals surface area contributed by atoms with Gasteiger partial charge in [0.2, 0.25) is 5.91 Å². The molecule has 0 aliphatic carbocycles. The van der Waals surface area contributed by atoms with Gasteiger partial charge in [0.05, 0.1) is 0 Å². The van der Waals surface area contributed by atoms with E-state index in [0.29, 0.717) is 25.3 Å². The van der Waals surface area contributed by atoms with Crippen molar-refractivity contribution in [3.8, 4) is 12.3 Å². The fourth-order valence-corrected chi connectivity index (χ4v) is 1.64. The number of hydrogen-bond acceptors (Lipinski definition) is 1. The third-order valence-corrected chi connectivity index (χ3v) is 2.60. The topological polar surface area (TPSA) is 29.1 Å². The summed E-state index contributed by atoms with van der Waals surface area (Å²) in [7, 11) is 0. The average Bonchev–Trinajstić information content (AvgIpc) is 2.17. The molecule has 0 heterocycles. The first-order chi connectivity index (χ1) is 7.56. The zero-order valence-electron chi connectivity index (χ0n) is 10.9. The van der Waals surface area contributed by atoms with Gasteiger partial charge in [-0.1, -0.05) is 40.0 Å². The molecule has 0 bridgehead atoms. The first-order valence-electron chi connectivity index (χ1n) is 6.26. The van der Waals surface area contributed by atoms with Crippen molar-refractivity contribution in [2.24, 2.45) is 11.8 Å². The smallest absolute Gasteiger partial charge is 0.220 e. The van der Waals surface area contributed by atoms with Crippen LogP contribution in [0.5, 0.6) is 0 Å². The highest BCUT2D eigenvalue weighted by Gasteiger charge is 2.08. The van der Waals surface area contributed by atoms with Crippen molar-refractivity contribution in [3.05, 3.63) is 0 Å². The Bertz CT molecular complexity index is 227. The highest BCUT2D eigenvalue weighted by molar-refractivity contribution is 5.76. The van der Waals surface area contributed by atoms with Crippen molar-refractivity contribution >= 4 is 5.91 Å². The van der Waals surface area contributed by atoms with Gasteiger partial charge in [-0.05, 0) is 11.8 Å². The Morgan fingerprint density at radius 2 is 2.00 bits per heavy atom. The summed E-state index contributed by atoms with van der Waals surface area (Å²) in [6.07, 6.45) is 9.97. The van der Waals surface area contributed by atoms with Gasteiger partial charge in [-0.3, -0.25) is 4.79 Å². The summed E-state index contributed by atoms with van der Waals surface area (Å²) >= 11 is 0. The third kappa shape index (κ3) is 9.58. The first-order valence-corrected chi connectivity index (χ1v) is 6.26. The van der Waals surface area contributed by atoms with Crippen LogP contribution >= 0.6 is 0 Å². The second-order valence-electron chi connectivity index (χ2n) is 4.94. The lowest BCUT2D eigenvalue weighted by Crippen LogP contribution is -2.25. The molecule has 0 aliphatic heterocycles. The molecule has 0 spiro atoms. The minimum atomic E-state index is 0.132. The third-order valence-electron chi connectivity index (χ3n) is 2.60. The molecule has 1 amide bonds. The van der Waals surface area contributed by atoms with Gasteiger partial charge in [-0.2, -0.15) is 0 Å². The number of rotatable bonds is 8. The molecule has 0 unspecified atom stereocenters. The van der Waals surface area contributed by atoms with Crippen LogP contribution in [0.15, 0.2) is 0 Å². The van der Waals surface area contributed by atoms with E-state index in [1.54, 1.807) is 0 Å². The molecule has 0 saturated carbocycles. The van der Waals surface area contributed by atoms with E-state index in [-0.39, 0.29) is 5.91 Å². The number of terminal acetylenes is 1. The fraction of sp³-hybridized carbons (Fsp3) is 0.786. The number of nitrogens with one attached hydrogen (secondary N) is 1. The van der Waals surface area contributed by atoms with Crippen LogP contribution < -0.4 is 5.32 Å². The van der Waals surface area contributed by atoms with Crippen LogP contribution in [-0.2, 0) is 4.79 Å². The van der Waals surface area contributed by atoms with Crippen LogP contribution in [0.2, 0.25) is 0 Å². The summed E-state index contributed by atoms with van der Waals surface area (Å²) in [4.78, 5) is 11.4. The molecule has 1 N–H and O–H groups in total. The van der Waals surface area contributed by atoms with Gasteiger partial charge in [0.25, 0.3) is 0 Å². The van der Waals surface area contributed by atoms with Crippen LogP contribution in [0.4, 0.5) is 0 Å². The van der Waals surface area contributed by atoms with E-state index in [2.05, 4.69) is 32.0 Å². The van der Waals surface area contributed by atoms with Crippen LogP contribution in [0.25, 0.3) is 0 Å². The molecule has 0 aliphatic rings. The van der Waals surface area contributed by atoms with Gasteiger partial charge in [-0.15, -0.1) is 12.3 Å². The van der Waals surface area contributed by atoms with Crippen LogP contribution in [0, 0.1) is 24.2 Å². The molecule has 0 radical (unpaired) electrons. The molecule has 1 atom stereocenters. The lowest BCUT2D eigenvalue weighted by molar-refractivity contribution is -0.121. The summed E-state index contributed by atoms with van der Waals surface area (Å²) in [5, 5.41) is 2.83. The van der Waals surface area contributed by atoms with Crippen molar-refractivity contribution < 1.29 is 4.79 Å². The minimum absolute atomic E-state index is 0.132. The Labute approximate surface area is 100 Å². The normalized spacial score (nSPS) is 12.2. The minimum Gasteiger partial charge on any atom is -0.355 e. The lowest BCUT2D eigenvalue weighted by Gasteiger charge is -2.11. The van der Waals surface area contributed by atoms with Crippen LogP contribution in [0.1, 0.15) is 52.9 Å². The van der Waals surface area contributed by atoms with Gasteiger partial charge in [-0.25, -0.2) is 0 Å². The lowest BCUT2D eigenvalue weighted by atomic mass is 9.97. The van der Waals surface area contributed by atoms with Crippen molar-refractivity contribution in [1.29, 1.82) is 0 Å². The maximum Gasteiger partial charge on any atom is 0.220 e. The number of carbonyl (C=O) groups excluding carboxylic acids is 1. The Hall–Kier alpha value is -0.970. The molecule has 92 valence electrons. The summed E-state index contributed by atoms with van der Waals surface area (Å²) in [6.45, 7) is 7.21. The largest absolute Gasteiger partial charge is 0.355 e. The molecule has 0 saturated heterocycles. The molecular weight excluding hydrogens is 198 g/mol. The maximum absolute atomic E-state index is 11.4. The summed E-state index contributed by atoms with van der Waals surface area (Å²) in [5.74, 6) is 3.88. The van der Waals surface area contributed by atoms with Crippen molar-refractivity contribution in [2.75, 3.05) is 6.54 Å². The summed E-state index contributed by atoms with van der Waals surface area (Å²) < 4.78 is 0. The van der Waals surface area contributed by atoms with Crippen molar-refractivity contribution in [2.45, 2.75) is 52.9 Å². The van der Waals surface area contributed by atoms with E-state index in [1.165, 1.54) is 12.8 Å². The van der Waals surface area contributed by atoms with Gasteiger partial charge >= 0.3 is 0 Å². The van der Waals surface area contributed by atoms with E-state index in [9.17, 15) is 4.79 Å². The summed E-state index contributed by atoms with van der Waals surface area (Å²) in [6, 6.07) is 0. The first kappa shape index (κ1) is 15.0. The van der Waals surface area contributed by atoms with Gasteiger partial charge in [0, 0.05) is 19.4 Å². The Kier molecular flexibility index (Phi) is 8.71. The van der Waals surface area contributed by atoms with Gasteiger partial charge in [0.1, 0.15) is 0 Å². The van der Waals surface area contributed by atoms with E-state index in [0.717, 1.165) is 12.3 Å². The number of carbonyl (C=O) groups is 1. The monoisotopic (exact) mass is 223 g/mol. The zero-order chi connectivity index (χ0) is 12.4. The zero-order valence-corrected chi connectivity index (χ0v) is 10.9. The van der Waals surface area contributed by atoms with Crippen molar-refractivity contribution in [1.82, 2.24) is 5.32 Å². The van der Waals surface area contributed by atoms with Crippen LogP contribution in [-0.4, -0.2) is 12.5 Å². The second kappa shape index (κ2) is 9.27. The Morgan fingerprint density at radius 3 is 2.56 bits per heavy atom. The molecule has 2 nitrogen and oxygen atoms in total. The molecular formula is C14H25NO. The van der Waals surface area contributed by atoms with E-state index < -0.39 is 0 Å². The van der Waals surface area contributed by atoms with Gasteiger partial charge < -0.3 is 5.32 Å². The number of amides is 1. The standard InChI is InChI=1S/C14H25NO/c1-5-6-10-15-14(16)11-13(4)9-7-8-12(2)3/h1,12-13H,6-11H2,2-4H3,(H,15,16)/t13-/m1/s1. The highest BCUT2D eigenvalue weighted by atomic mass is 16.1. The average molecular weight is 223 g/mol. The molecule has 0 rings (SSSR count). The molecule has 0 aromatic rings. The number of hydrogen-bond donors (Lipinski definition) is 1. The van der Waals surface area contributed by atoms with Crippen molar-refractivity contribution in [3.63, 3.8) is 0 Å².